The van der Waals surface area contributed by atoms with E-state index in [4.69, 9.17) is 68.0 Å². The van der Waals surface area contributed by atoms with Crippen LogP contribution in [-0.4, -0.2) is 28.9 Å². The summed E-state index contributed by atoms with van der Waals surface area (Å²) in [5.74, 6) is 0. The molecule has 0 aromatic rings. The highest BCUT2D eigenvalue weighted by Crippen LogP contribution is 2.32. The summed E-state index contributed by atoms with van der Waals surface area (Å²) >= 11 is 32.7. The molecule has 0 aliphatic carbocycles. The second kappa shape index (κ2) is 5.19. The minimum absolute atomic E-state index is 0. The van der Waals surface area contributed by atoms with Gasteiger partial charge < -0.3 is 0 Å². The van der Waals surface area contributed by atoms with Gasteiger partial charge in [-0.15, -0.1) is 33.2 Å². The van der Waals surface area contributed by atoms with E-state index in [1.165, 1.54) is 0 Å². The summed E-state index contributed by atoms with van der Waals surface area (Å²) in [5, 5.41) is 0. The van der Waals surface area contributed by atoms with E-state index in [0.717, 1.165) is 0 Å². The summed E-state index contributed by atoms with van der Waals surface area (Å²) in [5.41, 5.74) is -2.63. The van der Waals surface area contributed by atoms with E-state index >= 15 is 0 Å². The highest BCUT2D eigenvalue weighted by Gasteiger charge is 2.37. The van der Waals surface area contributed by atoms with E-state index in [1.807, 2.05) is 0 Å². The van der Waals surface area contributed by atoms with E-state index in [0.29, 0.717) is 0 Å². The van der Waals surface area contributed by atoms with Crippen LogP contribution < -0.4 is 0 Å². The van der Waals surface area contributed by atoms with Gasteiger partial charge >= 0.3 is 5.52 Å². The first-order chi connectivity index (χ1) is 3.71. The van der Waals surface area contributed by atoms with Crippen molar-refractivity contribution in [1.82, 2.24) is 0 Å². The molecule has 0 unspecified atom stereocenters. The first-order valence-corrected chi connectivity index (χ1v) is 11.0. The molecule has 0 nitrogen and oxygen atoms in total. The molecule has 0 atom stereocenters. The van der Waals surface area contributed by atoms with Crippen LogP contribution >= 0.6 is 68.0 Å². The average Bonchev–Trinajstić information content (AvgIpc) is 1.14. The van der Waals surface area contributed by atoms with Gasteiger partial charge in [0.1, 0.15) is 9.04 Å². The third-order valence-electron chi connectivity index (χ3n) is 0.401. The molecule has 60 valence electrons. The van der Waals surface area contributed by atoms with Crippen LogP contribution in [0.2, 0.25) is 0 Å². The fraction of sp³-hybridized carbons (Fsp3) is 1.00. The zero-order valence-electron chi connectivity index (χ0n) is 4.47. The van der Waals surface area contributed by atoms with Crippen molar-refractivity contribution in [3.63, 3.8) is 0 Å². The highest BCUT2D eigenvalue weighted by atomic mass is 35.8. The van der Waals surface area contributed by atoms with Gasteiger partial charge in [0.05, 0.1) is 0 Å². The van der Waals surface area contributed by atoms with Crippen LogP contribution in [0.4, 0.5) is 0 Å². The molecule has 0 aromatic heterocycles. The molecular weight excluding hydrogens is 309 g/mol. The molecule has 0 saturated carbocycles. The molecule has 0 aromatic carbocycles. The third kappa shape index (κ3) is 13.0. The minimum atomic E-state index is -2.63. The maximum absolute atomic E-state index is 5.50. The molecule has 0 aliphatic rings. The number of alkyl halides is 3. The standard InChI is InChI=1S/CH2Cl6Si2.Si/c2-1(3,4)8-9(5,6)7;/h8H2;. The Bertz CT molecular complexity index is 78.1. The average molecular weight is 311 g/mol. The van der Waals surface area contributed by atoms with E-state index in [-0.39, 0.29) is 11.0 Å². The number of halogens is 6. The summed E-state index contributed by atoms with van der Waals surface area (Å²) in [6.07, 6.45) is 0. The summed E-state index contributed by atoms with van der Waals surface area (Å²) in [7, 11) is -1.18. The molecule has 9 heteroatoms. The predicted octanol–water partition coefficient (Wildman–Crippen LogP) is 2.25. The minimum Gasteiger partial charge on any atom is -0.130 e. The van der Waals surface area contributed by atoms with Crippen LogP contribution in [0.1, 0.15) is 0 Å². The van der Waals surface area contributed by atoms with Crippen LogP contribution in [0.5, 0.6) is 0 Å². The summed E-state index contributed by atoms with van der Waals surface area (Å²) in [6.45, 7) is 0. The molecule has 0 spiro atoms. The van der Waals surface area contributed by atoms with E-state index in [2.05, 4.69) is 0 Å². The topological polar surface area (TPSA) is 0 Å². The van der Waals surface area contributed by atoms with Crippen molar-refractivity contribution in [2.75, 3.05) is 0 Å². The Morgan fingerprint density at radius 2 is 1.30 bits per heavy atom. The van der Waals surface area contributed by atoms with Gasteiger partial charge in [-0.2, -0.15) is 0 Å². The zero-order valence-corrected chi connectivity index (χ0v) is 12.4. The lowest BCUT2D eigenvalue weighted by Crippen LogP contribution is -2.32. The lowest BCUT2D eigenvalue weighted by atomic mass is 11.8. The molecule has 0 amide bonds. The Balaban J connectivity index is 0. The molecule has 0 saturated heterocycles. The summed E-state index contributed by atoms with van der Waals surface area (Å²) in [4.78, 5) is 0. The fourth-order valence-corrected chi connectivity index (χ4v) is 18.4. The van der Waals surface area contributed by atoms with Gasteiger partial charge in [-0.25, -0.2) is 0 Å². The van der Waals surface area contributed by atoms with Gasteiger partial charge in [0.2, 0.25) is 0 Å². The highest BCUT2D eigenvalue weighted by molar-refractivity contribution is 7.83. The molecule has 0 fully saturated rings. The van der Waals surface area contributed by atoms with Crippen molar-refractivity contribution in [2.24, 2.45) is 0 Å². The van der Waals surface area contributed by atoms with E-state index in [1.54, 1.807) is 0 Å². The SMILES string of the molecule is ClC(Cl)(Cl)[SiH2][Si](Cl)(Cl)Cl.[Si]. The number of hydrogen-bond acceptors (Lipinski definition) is 0. The Morgan fingerprint density at radius 3 is 1.30 bits per heavy atom. The lowest BCUT2D eigenvalue weighted by molar-refractivity contribution is 1.73. The van der Waals surface area contributed by atoms with Crippen molar-refractivity contribution in [2.45, 2.75) is 3.42 Å². The molecule has 0 bridgehead atoms. The summed E-state index contributed by atoms with van der Waals surface area (Å²) < 4.78 is -1.29. The Hall–Kier alpha value is 2.39. The molecule has 0 aliphatic heterocycles. The predicted molar refractivity (Wildman–Crippen MR) is 57.9 cm³/mol. The third-order valence-corrected chi connectivity index (χ3v) is 10.8. The monoisotopic (exact) mass is 308 g/mol. The molecule has 10 heavy (non-hydrogen) atoms. The Labute approximate surface area is 96.2 Å². The van der Waals surface area contributed by atoms with Crippen LogP contribution in [0.3, 0.4) is 0 Å². The van der Waals surface area contributed by atoms with Gasteiger partial charge in [0.25, 0.3) is 0 Å². The van der Waals surface area contributed by atoms with Gasteiger partial charge in [0.15, 0.2) is 3.42 Å². The molecular formula is CH2Cl6Si3. The second-order valence-corrected chi connectivity index (χ2v) is 23.7. The Kier molecular flexibility index (Phi) is 7.73. The molecule has 0 rings (SSSR count). The van der Waals surface area contributed by atoms with Crippen molar-refractivity contribution in [3.05, 3.63) is 0 Å². The molecule has 0 N–H and O–H groups in total. The van der Waals surface area contributed by atoms with Crippen molar-refractivity contribution >= 4 is 93.6 Å². The smallest absolute Gasteiger partial charge is 0.130 e. The van der Waals surface area contributed by atoms with Crippen LogP contribution in [0, 0.1) is 0 Å². The first kappa shape index (κ1) is 14.9. The maximum Gasteiger partial charge on any atom is 0.322 e. The number of rotatable bonds is 1. The van der Waals surface area contributed by atoms with E-state index in [9.17, 15) is 0 Å². The first-order valence-electron chi connectivity index (χ1n) is 1.84. The second-order valence-electron chi connectivity index (χ2n) is 1.41. The van der Waals surface area contributed by atoms with E-state index < -0.39 is 18.0 Å². The maximum atomic E-state index is 5.50. The quantitative estimate of drug-likeness (QED) is 0.396. The largest absolute Gasteiger partial charge is 0.322 e. The van der Waals surface area contributed by atoms with Crippen LogP contribution in [-0.2, 0) is 0 Å². The molecule has 4 radical (unpaired) electrons. The lowest BCUT2D eigenvalue weighted by Gasteiger charge is -2.13. The van der Waals surface area contributed by atoms with Gasteiger partial charge in [0, 0.05) is 11.0 Å². The van der Waals surface area contributed by atoms with Gasteiger partial charge in [-0.05, 0) is 0 Å². The van der Waals surface area contributed by atoms with Crippen molar-refractivity contribution in [3.8, 4) is 0 Å². The fourth-order valence-electron chi connectivity index (χ4n) is 0.227. The van der Waals surface area contributed by atoms with Gasteiger partial charge in [-0.1, -0.05) is 34.8 Å². The molecule has 0 heterocycles. The normalized spacial score (nSPS) is 13.8. The van der Waals surface area contributed by atoms with Crippen molar-refractivity contribution < 1.29 is 0 Å². The van der Waals surface area contributed by atoms with Crippen LogP contribution in [0.25, 0.3) is 0 Å². The Morgan fingerprint density at radius 1 is 1.00 bits per heavy atom. The van der Waals surface area contributed by atoms with Crippen molar-refractivity contribution in [1.29, 1.82) is 0 Å². The van der Waals surface area contributed by atoms with Crippen LogP contribution in [0.15, 0.2) is 0 Å². The van der Waals surface area contributed by atoms with Gasteiger partial charge in [-0.3, -0.25) is 0 Å². The number of hydrogen-bond donors (Lipinski definition) is 0. The zero-order chi connectivity index (χ0) is 7.71. The summed E-state index contributed by atoms with van der Waals surface area (Å²) in [6, 6.07) is 0.